The summed E-state index contributed by atoms with van der Waals surface area (Å²) in [5.74, 6) is 0.400. The molecule has 0 aliphatic carbocycles. The van der Waals surface area contributed by atoms with Crippen molar-refractivity contribution in [1.29, 1.82) is 5.41 Å². The molecule has 8 nitrogen and oxygen atoms in total. The Balaban J connectivity index is 0.000000817. The standard InChI is InChI=1S/C16H19ClN6S.CH4N2/c1-10-6-11(17)8-12(7-10)24-16-22-13-14(18)20-9-21-15(13)23(16)5-3-4-19-2;2-1-3/h6-9,19H,3-5H2,1-2H3,(H2,18,20,21);1H,(H3,2,3). The molecular weight excluding hydrogens is 384 g/mol. The number of nitrogens with two attached hydrogens (primary N) is 2. The Morgan fingerprint density at radius 3 is 2.74 bits per heavy atom. The van der Waals surface area contributed by atoms with Crippen LogP contribution < -0.4 is 16.8 Å². The molecule has 0 amide bonds. The molecule has 0 spiro atoms. The third-order valence-electron chi connectivity index (χ3n) is 3.56. The van der Waals surface area contributed by atoms with Gasteiger partial charge in [0.25, 0.3) is 0 Å². The molecule has 0 radical (unpaired) electrons. The minimum Gasteiger partial charge on any atom is -0.390 e. The fraction of sp³-hybridized carbons (Fsp3) is 0.294. The van der Waals surface area contributed by atoms with Crippen molar-refractivity contribution in [2.24, 2.45) is 5.73 Å². The van der Waals surface area contributed by atoms with Crippen LogP contribution in [0.5, 0.6) is 0 Å². The summed E-state index contributed by atoms with van der Waals surface area (Å²) in [6, 6.07) is 5.96. The van der Waals surface area contributed by atoms with Crippen molar-refractivity contribution in [3.8, 4) is 0 Å². The SMILES string of the molecule is CNCCCn1c(Sc2cc(C)cc(Cl)c2)nc2c(N)ncnc21.N=CN. The predicted octanol–water partition coefficient (Wildman–Crippen LogP) is 2.68. The fourth-order valence-electron chi connectivity index (χ4n) is 2.49. The molecule has 2 aromatic heterocycles. The molecule has 1 aromatic carbocycles. The number of imidazole rings is 1. The molecule has 0 saturated heterocycles. The van der Waals surface area contributed by atoms with E-state index >= 15 is 0 Å². The zero-order valence-electron chi connectivity index (χ0n) is 15.2. The molecule has 0 unspecified atom stereocenters. The maximum absolute atomic E-state index is 6.17. The van der Waals surface area contributed by atoms with E-state index in [1.54, 1.807) is 11.8 Å². The summed E-state index contributed by atoms with van der Waals surface area (Å²) >= 11 is 7.73. The predicted molar refractivity (Wildman–Crippen MR) is 112 cm³/mol. The van der Waals surface area contributed by atoms with Crippen LogP contribution in [-0.4, -0.2) is 39.4 Å². The Morgan fingerprint density at radius 2 is 2.07 bits per heavy atom. The molecule has 0 fully saturated rings. The Morgan fingerprint density at radius 1 is 1.33 bits per heavy atom. The second-order valence-corrected chi connectivity index (χ2v) is 7.14. The molecule has 144 valence electrons. The summed E-state index contributed by atoms with van der Waals surface area (Å²) in [5, 5.41) is 10.6. The lowest BCUT2D eigenvalue weighted by atomic mass is 10.2. The van der Waals surface area contributed by atoms with Crippen LogP contribution in [0, 0.1) is 12.3 Å². The second-order valence-electron chi connectivity index (χ2n) is 5.67. The van der Waals surface area contributed by atoms with Crippen molar-refractivity contribution < 1.29 is 0 Å². The number of aromatic nitrogens is 4. The van der Waals surface area contributed by atoms with E-state index in [0.29, 0.717) is 11.3 Å². The molecular formula is C17H23ClN8S. The maximum atomic E-state index is 6.17. The minimum atomic E-state index is 0.400. The van der Waals surface area contributed by atoms with E-state index in [1.807, 2.05) is 26.1 Å². The van der Waals surface area contributed by atoms with Gasteiger partial charge in [-0.2, -0.15) is 0 Å². The van der Waals surface area contributed by atoms with Gasteiger partial charge in [-0.1, -0.05) is 23.4 Å². The Kier molecular flexibility index (Phi) is 7.83. The highest BCUT2D eigenvalue weighted by molar-refractivity contribution is 7.99. The number of nitrogens with one attached hydrogen (secondary N) is 2. The number of nitrogens with zero attached hydrogens (tertiary/aromatic N) is 4. The van der Waals surface area contributed by atoms with Gasteiger partial charge in [-0.3, -0.25) is 5.41 Å². The van der Waals surface area contributed by atoms with Gasteiger partial charge >= 0.3 is 0 Å². The number of hydrogen-bond acceptors (Lipinski definition) is 7. The van der Waals surface area contributed by atoms with Crippen LogP contribution in [0.2, 0.25) is 5.02 Å². The number of aryl methyl sites for hydroxylation is 2. The van der Waals surface area contributed by atoms with Gasteiger partial charge in [0.2, 0.25) is 0 Å². The van der Waals surface area contributed by atoms with E-state index in [9.17, 15) is 0 Å². The average Bonchev–Trinajstić information content (AvgIpc) is 2.94. The second kappa shape index (κ2) is 10.1. The summed E-state index contributed by atoms with van der Waals surface area (Å²) in [6.45, 7) is 3.74. The van der Waals surface area contributed by atoms with Crippen LogP contribution in [0.1, 0.15) is 12.0 Å². The highest BCUT2D eigenvalue weighted by Gasteiger charge is 2.16. The first kappa shape index (κ1) is 20.9. The summed E-state index contributed by atoms with van der Waals surface area (Å²) in [6.07, 6.45) is 3.19. The van der Waals surface area contributed by atoms with Crippen molar-refractivity contribution in [2.45, 2.75) is 29.9 Å². The summed E-state index contributed by atoms with van der Waals surface area (Å²) in [5.41, 5.74) is 12.9. The molecule has 0 aliphatic rings. The van der Waals surface area contributed by atoms with E-state index in [1.165, 1.54) is 6.33 Å². The molecule has 6 N–H and O–H groups in total. The Labute approximate surface area is 167 Å². The van der Waals surface area contributed by atoms with Crippen LogP contribution in [-0.2, 0) is 6.54 Å². The minimum absolute atomic E-state index is 0.400. The third kappa shape index (κ3) is 5.56. The third-order valence-corrected chi connectivity index (χ3v) is 4.74. The maximum Gasteiger partial charge on any atom is 0.175 e. The van der Waals surface area contributed by atoms with Crippen LogP contribution in [0.25, 0.3) is 11.2 Å². The lowest BCUT2D eigenvalue weighted by molar-refractivity contribution is 0.585. The van der Waals surface area contributed by atoms with Crippen LogP contribution in [0.15, 0.2) is 34.6 Å². The van der Waals surface area contributed by atoms with E-state index in [0.717, 1.165) is 52.1 Å². The van der Waals surface area contributed by atoms with Gasteiger partial charge in [-0.25, -0.2) is 15.0 Å². The monoisotopic (exact) mass is 406 g/mol. The molecule has 0 atom stereocenters. The smallest absolute Gasteiger partial charge is 0.175 e. The first-order chi connectivity index (χ1) is 13.0. The number of rotatable bonds is 6. The van der Waals surface area contributed by atoms with Crippen LogP contribution in [0.4, 0.5) is 5.82 Å². The van der Waals surface area contributed by atoms with Gasteiger partial charge in [-0.15, -0.1) is 0 Å². The lowest BCUT2D eigenvalue weighted by Gasteiger charge is -2.08. The number of anilines is 1. The van der Waals surface area contributed by atoms with Gasteiger partial charge in [0.15, 0.2) is 22.1 Å². The topological polar surface area (TPSA) is 132 Å². The number of halogens is 1. The van der Waals surface area contributed by atoms with Crippen molar-refractivity contribution in [1.82, 2.24) is 24.8 Å². The molecule has 2 heterocycles. The van der Waals surface area contributed by atoms with Crippen molar-refractivity contribution in [3.05, 3.63) is 35.1 Å². The van der Waals surface area contributed by atoms with Crippen LogP contribution >= 0.6 is 23.4 Å². The number of nitrogen functional groups attached to an aromatic ring is 1. The Bertz CT molecular complexity index is 891. The highest BCUT2D eigenvalue weighted by Crippen LogP contribution is 2.32. The fourth-order valence-corrected chi connectivity index (χ4v) is 3.92. The van der Waals surface area contributed by atoms with Crippen LogP contribution in [0.3, 0.4) is 0 Å². The highest BCUT2D eigenvalue weighted by atomic mass is 35.5. The first-order valence-electron chi connectivity index (χ1n) is 8.27. The Hall–Kier alpha value is -2.36. The molecule has 0 aliphatic heterocycles. The molecule has 3 rings (SSSR count). The average molecular weight is 407 g/mol. The molecule has 10 heteroatoms. The zero-order chi connectivity index (χ0) is 19.8. The van der Waals surface area contributed by atoms with Crippen molar-refractivity contribution >= 4 is 46.7 Å². The van der Waals surface area contributed by atoms with E-state index in [-0.39, 0.29) is 0 Å². The normalized spacial score (nSPS) is 10.5. The first-order valence-corrected chi connectivity index (χ1v) is 9.46. The number of hydrogen-bond donors (Lipinski definition) is 4. The van der Waals surface area contributed by atoms with E-state index < -0.39 is 0 Å². The quantitative estimate of drug-likeness (QED) is 0.281. The molecule has 0 bridgehead atoms. The lowest BCUT2D eigenvalue weighted by Crippen LogP contribution is -2.11. The van der Waals surface area contributed by atoms with Crippen molar-refractivity contribution in [3.63, 3.8) is 0 Å². The van der Waals surface area contributed by atoms with Gasteiger partial charge in [0, 0.05) is 16.5 Å². The largest absolute Gasteiger partial charge is 0.390 e. The summed E-state index contributed by atoms with van der Waals surface area (Å²) in [4.78, 5) is 14.1. The van der Waals surface area contributed by atoms with Crippen molar-refractivity contribution in [2.75, 3.05) is 19.3 Å². The zero-order valence-corrected chi connectivity index (χ0v) is 16.8. The van der Waals surface area contributed by atoms with Gasteiger partial charge < -0.3 is 21.4 Å². The summed E-state index contributed by atoms with van der Waals surface area (Å²) in [7, 11) is 1.94. The number of fused-ring (bicyclic) bond motifs is 1. The summed E-state index contributed by atoms with van der Waals surface area (Å²) < 4.78 is 2.09. The van der Waals surface area contributed by atoms with E-state index in [4.69, 9.17) is 22.7 Å². The van der Waals surface area contributed by atoms with Gasteiger partial charge in [-0.05, 0) is 50.7 Å². The van der Waals surface area contributed by atoms with Gasteiger partial charge in [0.1, 0.15) is 6.33 Å². The number of benzene rings is 1. The van der Waals surface area contributed by atoms with E-state index in [2.05, 4.69) is 36.6 Å². The molecule has 0 saturated carbocycles. The van der Waals surface area contributed by atoms with Gasteiger partial charge in [0.05, 0.1) is 6.34 Å². The molecule has 3 aromatic rings. The molecule has 27 heavy (non-hydrogen) atoms.